The summed E-state index contributed by atoms with van der Waals surface area (Å²) in [5, 5.41) is 1.62. The second kappa shape index (κ2) is 6.45. The van der Waals surface area contributed by atoms with Crippen molar-refractivity contribution in [3.8, 4) is 0 Å². The summed E-state index contributed by atoms with van der Waals surface area (Å²) in [7, 11) is 0. The Morgan fingerprint density at radius 2 is 2.00 bits per heavy atom. The van der Waals surface area contributed by atoms with Gasteiger partial charge in [-0.25, -0.2) is 5.84 Å². The molecule has 0 spiro atoms. The molecule has 1 aromatic rings. The molecular formula is C12H19N3S. The van der Waals surface area contributed by atoms with E-state index < -0.39 is 0 Å². The predicted molar refractivity (Wildman–Crippen MR) is 70.8 cm³/mol. The predicted octanol–water partition coefficient (Wildman–Crippen LogP) is 1.95. The minimum absolute atomic E-state index is 0.722. The zero-order valence-electron chi connectivity index (χ0n) is 9.81. The first kappa shape index (κ1) is 12.9. The third-order valence-electron chi connectivity index (χ3n) is 2.19. The maximum Gasteiger partial charge on any atom is 0.0376 e. The van der Waals surface area contributed by atoms with E-state index in [-0.39, 0.29) is 0 Å². The quantitative estimate of drug-likeness (QED) is 0.467. The van der Waals surface area contributed by atoms with Crippen LogP contribution in [0.2, 0.25) is 0 Å². The highest BCUT2D eigenvalue weighted by atomic mass is 32.2. The summed E-state index contributed by atoms with van der Waals surface area (Å²) in [4.78, 5) is 1.28. The fourth-order valence-electron chi connectivity index (χ4n) is 1.38. The standard InChI is InChI=1S/C12H19N3S/c1-10(13)9-15(14)8-7-11-3-5-12(16-2)6-4-11/h3-6,9H,7-8,13-14H2,1-2H3/b10-9-. The van der Waals surface area contributed by atoms with Crippen LogP contribution < -0.4 is 11.6 Å². The third kappa shape index (κ3) is 4.59. The normalized spacial score (nSPS) is 11.6. The van der Waals surface area contributed by atoms with Gasteiger partial charge in [0.25, 0.3) is 0 Å². The van der Waals surface area contributed by atoms with Crippen molar-refractivity contribution in [3.05, 3.63) is 41.7 Å². The fraction of sp³-hybridized carbons (Fsp3) is 0.333. The number of hydrazine groups is 1. The topological polar surface area (TPSA) is 55.3 Å². The van der Waals surface area contributed by atoms with Gasteiger partial charge in [-0.05, 0) is 37.3 Å². The highest BCUT2D eigenvalue weighted by molar-refractivity contribution is 7.98. The van der Waals surface area contributed by atoms with Gasteiger partial charge in [-0.3, -0.25) is 0 Å². The van der Waals surface area contributed by atoms with Crippen molar-refractivity contribution in [3.63, 3.8) is 0 Å². The molecule has 0 saturated carbocycles. The van der Waals surface area contributed by atoms with Crippen LogP contribution in [0.5, 0.6) is 0 Å². The van der Waals surface area contributed by atoms with E-state index in [4.69, 9.17) is 11.6 Å². The maximum atomic E-state index is 5.75. The van der Waals surface area contributed by atoms with E-state index in [9.17, 15) is 0 Å². The average molecular weight is 237 g/mol. The number of thioether (sulfide) groups is 1. The molecule has 88 valence electrons. The fourth-order valence-corrected chi connectivity index (χ4v) is 1.78. The van der Waals surface area contributed by atoms with E-state index in [1.807, 2.05) is 6.92 Å². The molecule has 0 saturated heterocycles. The third-order valence-corrected chi connectivity index (χ3v) is 2.93. The van der Waals surface area contributed by atoms with Crippen LogP contribution in [-0.2, 0) is 6.42 Å². The molecule has 0 bridgehead atoms. The molecule has 0 atom stereocenters. The smallest absolute Gasteiger partial charge is 0.0376 e. The minimum Gasteiger partial charge on any atom is -0.401 e. The first-order chi connectivity index (χ1) is 7.61. The molecule has 0 amide bonds. The minimum atomic E-state index is 0.722. The van der Waals surface area contributed by atoms with E-state index in [1.54, 1.807) is 23.0 Å². The highest BCUT2D eigenvalue weighted by Gasteiger charge is 1.97. The van der Waals surface area contributed by atoms with Gasteiger partial charge in [-0.15, -0.1) is 11.8 Å². The molecule has 0 aliphatic carbocycles. The SMILES string of the molecule is CSc1ccc(CCN(N)/C=C(/C)N)cc1. The number of hydrogen-bond donors (Lipinski definition) is 2. The summed E-state index contributed by atoms with van der Waals surface area (Å²) in [5.74, 6) is 5.75. The maximum absolute atomic E-state index is 5.75. The first-order valence-electron chi connectivity index (χ1n) is 5.20. The van der Waals surface area contributed by atoms with Gasteiger partial charge < -0.3 is 10.7 Å². The summed E-state index contributed by atoms with van der Waals surface area (Å²) >= 11 is 1.75. The molecule has 0 aromatic heterocycles. The molecular weight excluding hydrogens is 218 g/mol. The van der Waals surface area contributed by atoms with Crippen molar-refractivity contribution < 1.29 is 0 Å². The van der Waals surface area contributed by atoms with Crippen molar-refractivity contribution in [1.82, 2.24) is 5.01 Å². The Morgan fingerprint density at radius 1 is 1.38 bits per heavy atom. The zero-order valence-corrected chi connectivity index (χ0v) is 10.6. The van der Waals surface area contributed by atoms with Gasteiger partial charge in [0.15, 0.2) is 0 Å². The molecule has 0 aliphatic rings. The van der Waals surface area contributed by atoms with E-state index in [0.29, 0.717) is 0 Å². The Hall–Kier alpha value is -1.13. The van der Waals surface area contributed by atoms with Crippen LogP contribution in [0.3, 0.4) is 0 Å². The highest BCUT2D eigenvalue weighted by Crippen LogP contribution is 2.15. The van der Waals surface area contributed by atoms with Gasteiger partial charge in [0.1, 0.15) is 0 Å². The molecule has 0 radical (unpaired) electrons. The molecule has 1 aromatic carbocycles. The Balaban J connectivity index is 2.45. The Kier molecular flexibility index (Phi) is 5.22. The lowest BCUT2D eigenvalue weighted by atomic mass is 10.1. The van der Waals surface area contributed by atoms with Crippen molar-refractivity contribution >= 4 is 11.8 Å². The molecule has 0 unspecified atom stereocenters. The average Bonchev–Trinajstić information content (AvgIpc) is 2.26. The van der Waals surface area contributed by atoms with Crippen LogP contribution in [0.4, 0.5) is 0 Å². The lowest BCUT2D eigenvalue weighted by Crippen LogP contribution is -2.28. The summed E-state index contributed by atoms with van der Waals surface area (Å²) in [6.45, 7) is 2.60. The molecule has 0 fully saturated rings. The van der Waals surface area contributed by atoms with Gasteiger partial charge in [-0.2, -0.15) is 0 Å². The van der Waals surface area contributed by atoms with Crippen molar-refractivity contribution in [2.24, 2.45) is 11.6 Å². The van der Waals surface area contributed by atoms with Crippen LogP contribution >= 0.6 is 11.8 Å². The molecule has 4 heteroatoms. The summed E-state index contributed by atoms with van der Waals surface area (Å²) in [6, 6.07) is 8.53. The largest absolute Gasteiger partial charge is 0.401 e. The van der Waals surface area contributed by atoms with Crippen LogP contribution in [0.25, 0.3) is 0 Å². The van der Waals surface area contributed by atoms with Crippen LogP contribution in [0.15, 0.2) is 41.1 Å². The Labute approximate surface area is 101 Å². The van der Waals surface area contributed by atoms with E-state index in [1.165, 1.54) is 10.5 Å². The number of benzene rings is 1. The van der Waals surface area contributed by atoms with Gasteiger partial charge in [0.05, 0.1) is 0 Å². The number of allylic oxidation sites excluding steroid dienone is 1. The van der Waals surface area contributed by atoms with Gasteiger partial charge >= 0.3 is 0 Å². The lowest BCUT2D eigenvalue weighted by molar-refractivity contribution is 0.394. The molecule has 1 rings (SSSR count). The molecule has 0 aliphatic heterocycles. The summed E-state index contributed by atoms with van der Waals surface area (Å²) in [6.07, 6.45) is 4.75. The number of nitrogens with two attached hydrogens (primary N) is 2. The van der Waals surface area contributed by atoms with E-state index in [0.717, 1.165) is 18.7 Å². The second-order valence-corrected chi connectivity index (χ2v) is 4.59. The number of rotatable bonds is 5. The summed E-state index contributed by atoms with van der Waals surface area (Å²) in [5.41, 5.74) is 7.55. The van der Waals surface area contributed by atoms with Crippen molar-refractivity contribution in [2.75, 3.05) is 12.8 Å². The van der Waals surface area contributed by atoms with Crippen LogP contribution in [-0.4, -0.2) is 17.8 Å². The van der Waals surface area contributed by atoms with E-state index >= 15 is 0 Å². The van der Waals surface area contributed by atoms with Gasteiger partial charge in [-0.1, -0.05) is 12.1 Å². The van der Waals surface area contributed by atoms with Crippen LogP contribution in [0, 0.1) is 0 Å². The van der Waals surface area contributed by atoms with Crippen molar-refractivity contribution in [1.29, 1.82) is 0 Å². The van der Waals surface area contributed by atoms with Gasteiger partial charge in [0, 0.05) is 23.3 Å². The lowest BCUT2D eigenvalue weighted by Gasteiger charge is -2.14. The zero-order chi connectivity index (χ0) is 12.0. The van der Waals surface area contributed by atoms with Gasteiger partial charge in [0.2, 0.25) is 0 Å². The monoisotopic (exact) mass is 237 g/mol. The first-order valence-corrected chi connectivity index (χ1v) is 6.42. The molecule has 16 heavy (non-hydrogen) atoms. The summed E-state index contributed by atoms with van der Waals surface area (Å²) < 4.78 is 0. The molecule has 0 heterocycles. The number of hydrogen-bond acceptors (Lipinski definition) is 4. The molecule has 3 nitrogen and oxygen atoms in total. The number of nitrogens with zero attached hydrogens (tertiary/aromatic N) is 1. The second-order valence-electron chi connectivity index (χ2n) is 3.71. The Bertz CT molecular complexity index is 342. The van der Waals surface area contributed by atoms with E-state index in [2.05, 4.69) is 30.5 Å². The molecule has 4 N–H and O–H groups in total. The van der Waals surface area contributed by atoms with Crippen molar-refractivity contribution in [2.45, 2.75) is 18.2 Å². The Morgan fingerprint density at radius 3 is 2.50 bits per heavy atom. The van der Waals surface area contributed by atoms with Crippen LogP contribution in [0.1, 0.15) is 12.5 Å².